The smallest absolute Gasteiger partial charge is 0.255 e. The maximum Gasteiger partial charge on any atom is 0.255 e. The minimum Gasteiger partial charge on any atom is -0.497 e. The zero-order valence-corrected chi connectivity index (χ0v) is 19.9. The molecule has 34 heavy (non-hydrogen) atoms. The largest absolute Gasteiger partial charge is 0.497 e. The zero-order valence-electron chi connectivity index (χ0n) is 19.9. The van der Waals surface area contributed by atoms with Crippen LogP contribution in [-0.2, 0) is 9.47 Å². The number of methoxy groups -OCH3 is 2. The number of rotatable bonds is 12. The van der Waals surface area contributed by atoms with Gasteiger partial charge in [-0.1, -0.05) is 20.4 Å². The number of hydrogen-bond donors (Lipinski definition) is 3. The molecule has 0 saturated carbocycles. The number of nitrogens with one attached hydrogen (secondary N) is 3. The molecule has 0 saturated heterocycles. The Morgan fingerprint density at radius 2 is 1.68 bits per heavy atom. The summed E-state index contributed by atoms with van der Waals surface area (Å²) >= 11 is 0. The van der Waals surface area contributed by atoms with Crippen LogP contribution in [0.15, 0.2) is 58.7 Å². The van der Waals surface area contributed by atoms with Crippen LogP contribution in [0, 0.1) is 0 Å². The first-order valence-electron chi connectivity index (χ1n) is 10.6. The van der Waals surface area contributed by atoms with Gasteiger partial charge in [0.1, 0.15) is 12.5 Å². The molecule has 2 aromatic carbocycles. The first-order valence-corrected chi connectivity index (χ1v) is 10.6. The van der Waals surface area contributed by atoms with Crippen LogP contribution < -0.4 is 20.7 Å². The van der Waals surface area contributed by atoms with Gasteiger partial charge in [0.25, 0.3) is 5.91 Å². The molecule has 0 radical (unpaired) electrons. The van der Waals surface area contributed by atoms with E-state index in [1.54, 1.807) is 69.9 Å². The van der Waals surface area contributed by atoms with Crippen molar-refractivity contribution in [1.82, 2.24) is 10.6 Å². The molecular formula is C25H39N5O4. The Bertz CT molecular complexity index is 857. The van der Waals surface area contributed by atoms with Gasteiger partial charge in [0.2, 0.25) is 5.90 Å². The molecule has 0 atom stereocenters. The highest BCUT2D eigenvalue weighted by Crippen LogP contribution is 2.16. The number of anilines is 1. The van der Waals surface area contributed by atoms with Gasteiger partial charge in [0, 0.05) is 37.8 Å². The molecule has 0 spiro atoms. The van der Waals surface area contributed by atoms with Crippen LogP contribution in [0.25, 0.3) is 0 Å². The molecule has 1 amide bonds. The van der Waals surface area contributed by atoms with Crippen LogP contribution in [0.3, 0.4) is 0 Å². The van der Waals surface area contributed by atoms with Crippen molar-refractivity contribution in [3.63, 3.8) is 0 Å². The van der Waals surface area contributed by atoms with Crippen LogP contribution in [0.1, 0.15) is 36.7 Å². The van der Waals surface area contributed by atoms with Crippen molar-refractivity contribution in [3.8, 4) is 5.75 Å². The molecule has 188 valence electrons. The lowest BCUT2D eigenvalue weighted by molar-refractivity contribution is 0.102. The minimum atomic E-state index is -0.221. The van der Waals surface area contributed by atoms with Crippen LogP contribution in [0.4, 0.5) is 5.69 Å². The highest BCUT2D eigenvalue weighted by atomic mass is 16.5. The highest BCUT2D eigenvalue weighted by Gasteiger charge is 2.09. The van der Waals surface area contributed by atoms with Crippen LogP contribution in [0.2, 0.25) is 0 Å². The van der Waals surface area contributed by atoms with Gasteiger partial charge in [-0.3, -0.25) is 10.1 Å². The van der Waals surface area contributed by atoms with E-state index in [1.807, 2.05) is 0 Å². The van der Waals surface area contributed by atoms with Crippen molar-refractivity contribution >= 4 is 24.2 Å². The number of benzene rings is 2. The van der Waals surface area contributed by atoms with E-state index in [-0.39, 0.29) is 13.3 Å². The lowest BCUT2D eigenvalue weighted by atomic mass is 10.1. The Hall–Kier alpha value is -3.27. The molecule has 0 aromatic heterocycles. The molecule has 0 aliphatic carbocycles. The lowest BCUT2D eigenvalue weighted by Gasteiger charge is -2.11. The molecule has 2 aromatic rings. The zero-order chi connectivity index (χ0) is 24.3. The SMILES string of the molecule is C.C=N/N=C(\OCNCCCNCC)c1ccc(NC(=O)c2cccc(OC)c2)cc1.COC. The highest BCUT2D eigenvalue weighted by molar-refractivity contribution is 6.04. The summed E-state index contributed by atoms with van der Waals surface area (Å²) in [6.07, 6.45) is 1.01. The Morgan fingerprint density at radius 1 is 1.00 bits per heavy atom. The maximum absolute atomic E-state index is 12.4. The summed E-state index contributed by atoms with van der Waals surface area (Å²) in [6, 6.07) is 14.1. The summed E-state index contributed by atoms with van der Waals surface area (Å²) in [5.74, 6) is 0.763. The van der Waals surface area contributed by atoms with Crippen LogP contribution in [0.5, 0.6) is 5.75 Å². The number of hydrogen-bond acceptors (Lipinski definition) is 8. The van der Waals surface area contributed by atoms with Gasteiger partial charge in [-0.2, -0.15) is 5.10 Å². The van der Waals surface area contributed by atoms with E-state index in [0.717, 1.165) is 31.6 Å². The number of amides is 1. The summed E-state index contributed by atoms with van der Waals surface area (Å²) in [4.78, 5) is 12.4. The summed E-state index contributed by atoms with van der Waals surface area (Å²) in [7, 11) is 4.81. The Balaban J connectivity index is 0.00000258. The fraction of sp³-hybridized carbons (Fsp3) is 0.400. The van der Waals surface area contributed by atoms with E-state index in [1.165, 1.54) is 0 Å². The molecule has 3 N–H and O–H groups in total. The predicted octanol–water partition coefficient (Wildman–Crippen LogP) is 3.77. The Labute approximate surface area is 203 Å². The molecule has 2 rings (SSSR count). The van der Waals surface area contributed by atoms with E-state index < -0.39 is 0 Å². The predicted molar refractivity (Wildman–Crippen MR) is 140 cm³/mol. The van der Waals surface area contributed by atoms with Gasteiger partial charge in [-0.25, -0.2) is 0 Å². The second-order valence-electron chi connectivity index (χ2n) is 6.71. The van der Waals surface area contributed by atoms with Crippen molar-refractivity contribution in [2.45, 2.75) is 20.8 Å². The summed E-state index contributed by atoms with van der Waals surface area (Å²) in [6.45, 7) is 8.55. The van der Waals surface area contributed by atoms with E-state index in [0.29, 0.717) is 29.6 Å². The minimum absolute atomic E-state index is 0. The fourth-order valence-electron chi connectivity index (χ4n) is 2.60. The molecule has 0 bridgehead atoms. The second-order valence-corrected chi connectivity index (χ2v) is 6.71. The third-order valence-electron chi connectivity index (χ3n) is 4.15. The molecule has 0 unspecified atom stereocenters. The fourth-order valence-corrected chi connectivity index (χ4v) is 2.60. The van der Waals surface area contributed by atoms with E-state index in [9.17, 15) is 4.79 Å². The first kappa shape index (κ1) is 30.7. The number of nitrogens with zero attached hydrogens (tertiary/aromatic N) is 2. The average Bonchev–Trinajstić information content (AvgIpc) is 2.84. The van der Waals surface area contributed by atoms with Crippen molar-refractivity contribution in [2.75, 3.05) is 53.0 Å². The van der Waals surface area contributed by atoms with E-state index >= 15 is 0 Å². The quantitative estimate of drug-likeness (QED) is 0.142. The summed E-state index contributed by atoms with van der Waals surface area (Å²) in [5.41, 5.74) is 1.90. The number of ether oxygens (including phenoxy) is 3. The third-order valence-corrected chi connectivity index (χ3v) is 4.15. The number of carbonyl (C=O) groups is 1. The molecule has 9 nitrogen and oxygen atoms in total. The van der Waals surface area contributed by atoms with Crippen molar-refractivity contribution in [2.24, 2.45) is 10.2 Å². The van der Waals surface area contributed by atoms with Crippen molar-refractivity contribution < 1.29 is 19.0 Å². The standard InChI is InChI=1S/C22H29N5O3.C2H6O.CH4/c1-4-24-13-6-14-25-16-30-22(27-23-2)17-9-11-19(12-10-17)26-21(28)18-7-5-8-20(15-18)29-3;1-3-2;/h5,7-12,15,24-25H,2,4,6,13-14,16H2,1,3H3,(H,26,28);1-2H3;1H4/b27-22-;;. The van der Waals surface area contributed by atoms with Crippen LogP contribution >= 0.6 is 0 Å². The molecule has 0 aliphatic rings. The second kappa shape index (κ2) is 19.2. The Kier molecular flexibility index (Phi) is 17.4. The lowest BCUT2D eigenvalue weighted by Crippen LogP contribution is -2.25. The molecule has 9 heteroatoms. The Morgan fingerprint density at radius 3 is 2.29 bits per heavy atom. The van der Waals surface area contributed by atoms with Gasteiger partial charge in [-0.05, 0) is 68.5 Å². The van der Waals surface area contributed by atoms with Crippen molar-refractivity contribution in [3.05, 3.63) is 59.7 Å². The van der Waals surface area contributed by atoms with Gasteiger partial charge in [0.15, 0.2) is 0 Å². The summed E-state index contributed by atoms with van der Waals surface area (Å²) in [5, 5.41) is 16.8. The maximum atomic E-state index is 12.4. The van der Waals surface area contributed by atoms with E-state index in [2.05, 4.69) is 44.5 Å². The van der Waals surface area contributed by atoms with Gasteiger partial charge < -0.3 is 24.8 Å². The normalized spacial score (nSPS) is 10.3. The van der Waals surface area contributed by atoms with Crippen LogP contribution in [-0.4, -0.2) is 66.2 Å². The molecular weight excluding hydrogens is 434 g/mol. The van der Waals surface area contributed by atoms with Crippen molar-refractivity contribution in [1.29, 1.82) is 0 Å². The third kappa shape index (κ3) is 12.1. The van der Waals surface area contributed by atoms with Gasteiger partial charge in [0.05, 0.1) is 7.11 Å². The average molecular weight is 474 g/mol. The molecule has 0 aliphatic heterocycles. The van der Waals surface area contributed by atoms with E-state index in [4.69, 9.17) is 9.47 Å². The number of carbonyl (C=O) groups excluding carboxylic acids is 1. The monoisotopic (exact) mass is 473 g/mol. The molecule has 0 fully saturated rings. The summed E-state index contributed by atoms with van der Waals surface area (Å²) < 4.78 is 15.1. The van der Waals surface area contributed by atoms with Gasteiger partial charge >= 0.3 is 0 Å². The van der Waals surface area contributed by atoms with Gasteiger partial charge in [-0.15, -0.1) is 5.10 Å². The first-order chi connectivity index (χ1) is 16.1. The topological polar surface area (TPSA) is 106 Å². The molecule has 0 heterocycles.